The smallest absolute Gasteiger partial charge is 0.273 e. The molecule has 0 radical (unpaired) electrons. The summed E-state index contributed by atoms with van der Waals surface area (Å²) in [5, 5.41) is 5.18. The quantitative estimate of drug-likeness (QED) is 0.786. The van der Waals surface area contributed by atoms with E-state index in [1.165, 1.54) is 6.39 Å². The number of carbonyl (C=O) groups is 2. The van der Waals surface area contributed by atoms with Crippen LogP contribution in [-0.4, -0.2) is 34.3 Å². The molecule has 1 aliphatic heterocycles. The lowest BCUT2D eigenvalue weighted by Gasteiger charge is -2.18. The minimum absolute atomic E-state index is 0.0418. The summed E-state index contributed by atoms with van der Waals surface area (Å²) < 4.78 is 5.06. The maximum atomic E-state index is 12.4. The van der Waals surface area contributed by atoms with Crippen molar-refractivity contribution in [2.75, 3.05) is 6.54 Å². The monoisotopic (exact) mass is 349 g/mol. The predicted molar refractivity (Wildman–Crippen MR) is 96.5 cm³/mol. The highest BCUT2D eigenvalue weighted by Crippen LogP contribution is 2.22. The molecule has 2 aromatic carbocycles. The number of hydrogen-bond acceptors (Lipinski definition) is 4. The summed E-state index contributed by atoms with van der Waals surface area (Å²) >= 11 is 0. The van der Waals surface area contributed by atoms with Gasteiger partial charge in [-0.05, 0) is 23.3 Å². The number of nitrogens with zero attached hydrogens (tertiary/aromatic N) is 2. The minimum Gasteiger partial charge on any atom is -0.448 e. The van der Waals surface area contributed by atoms with E-state index >= 15 is 0 Å². The van der Waals surface area contributed by atoms with Crippen LogP contribution in [0.4, 0.5) is 0 Å². The van der Waals surface area contributed by atoms with Crippen LogP contribution in [-0.2, 0) is 11.3 Å². The zero-order valence-electron chi connectivity index (χ0n) is 14.4. The number of hydrogen-bond donors (Lipinski definition) is 1. The first-order valence-electron chi connectivity index (χ1n) is 8.57. The van der Waals surface area contributed by atoms with Crippen molar-refractivity contribution in [1.29, 1.82) is 0 Å². The second-order valence-electron chi connectivity index (χ2n) is 6.54. The zero-order valence-corrected chi connectivity index (χ0v) is 14.4. The van der Waals surface area contributed by atoms with Gasteiger partial charge in [-0.2, -0.15) is 0 Å². The summed E-state index contributed by atoms with van der Waals surface area (Å²) in [4.78, 5) is 30.4. The molecule has 0 bridgehead atoms. The SMILES string of the molecule is Cc1ocnc1C(=O)NC1CC(=O)N(Cc2cccc3ccccc23)C1. The Morgan fingerprint density at radius 2 is 2.08 bits per heavy atom. The van der Waals surface area contributed by atoms with Gasteiger partial charge in [-0.25, -0.2) is 4.98 Å². The molecule has 0 spiro atoms. The molecule has 1 saturated heterocycles. The van der Waals surface area contributed by atoms with Gasteiger partial charge < -0.3 is 14.6 Å². The average Bonchev–Trinajstić information content (AvgIpc) is 3.21. The molecule has 2 amide bonds. The molecule has 4 rings (SSSR count). The van der Waals surface area contributed by atoms with Gasteiger partial charge in [-0.3, -0.25) is 9.59 Å². The van der Waals surface area contributed by atoms with Crippen molar-refractivity contribution in [3.8, 4) is 0 Å². The first-order valence-corrected chi connectivity index (χ1v) is 8.57. The van der Waals surface area contributed by atoms with E-state index in [0.717, 1.165) is 16.3 Å². The second kappa shape index (κ2) is 6.63. The molecule has 6 heteroatoms. The first kappa shape index (κ1) is 16.3. The van der Waals surface area contributed by atoms with Crippen LogP contribution in [0.1, 0.15) is 28.2 Å². The van der Waals surface area contributed by atoms with Gasteiger partial charge in [0.15, 0.2) is 12.1 Å². The molecule has 132 valence electrons. The lowest BCUT2D eigenvalue weighted by atomic mass is 10.0. The molecule has 1 fully saturated rings. The standard InChI is InChI=1S/C20H19N3O3/c1-13-19(21-12-26-13)20(25)22-16-9-18(24)23(11-16)10-15-7-4-6-14-5-2-3-8-17(14)15/h2-8,12,16H,9-11H2,1H3,(H,22,25). The number of aryl methyl sites for hydroxylation is 1. The number of likely N-dealkylation sites (tertiary alicyclic amines) is 1. The van der Waals surface area contributed by atoms with E-state index in [0.29, 0.717) is 25.3 Å². The number of carbonyl (C=O) groups excluding carboxylic acids is 2. The van der Waals surface area contributed by atoms with Gasteiger partial charge in [0, 0.05) is 19.5 Å². The fourth-order valence-electron chi connectivity index (χ4n) is 3.43. The van der Waals surface area contributed by atoms with Gasteiger partial charge >= 0.3 is 0 Å². The van der Waals surface area contributed by atoms with Gasteiger partial charge in [0.05, 0.1) is 6.04 Å². The van der Waals surface area contributed by atoms with E-state index in [1.54, 1.807) is 11.8 Å². The summed E-state index contributed by atoms with van der Waals surface area (Å²) in [7, 11) is 0. The molecular formula is C20H19N3O3. The molecular weight excluding hydrogens is 330 g/mol. The summed E-state index contributed by atoms with van der Waals surface area (Å²) in [6, 6.07) is 14.0. The van der Waals surface area contributed by atoms with E-state index in [2.05, 4.69) is 28.5 Å². The first-order chi connectivity index (χ1) is 12.6. The van der Waals surface area contributed by atoms with Crippen molar-refractivity contribution >= 4 is 22.6 Å². The zero-order chi connectivity index (χ0) is 18.1. The van der Waals surface area contributed by atoms with Crippen molar-refractivity contribution < 1.29 is 14.0 Å². The minimum atomic E-state index is -0.305. The van der Waals surface area contributed by atoms with Crippen LogP contribution in [0.3, 0.4) is 0 Å². The predicted octanol–water partition coefficient (Wildman–Crippen LogP) is 2.67. The molecule has 0 aliphatic carbocycles. The number of amides is 2. The maximum absolute atomic E-state index is 12.4. The Morgan fingerprint density at radius 3 is 2.88 bits per heavy atom. The van der Waals surface area contributed by atoms with Crippen LogP contribution in [0.25, 0.3) is 10.8 Å². The fourth-order valence-corrected chi connectivity index (χ4v) is 3.43. The number of benzene rings is 2. The molecule has 1 N–H and O–H groups in total. The summed E-state index contributed by atoms with van der Waals surface area (Å²) in [5.74, 6) is 0.209. The number of aromatic nitrogens is 1. The Bertz CT molecular complexity index is 974. The Kier molecular flexibility index (Phi) is 4.16. The van der Waals surface area contributed by atoms with Crippen molar-refractivity contribution in [3.63, 3.8) is 0 Å². The van der Waals surface area contributed by atoms with Crippen LogP contribution in [0.2, 0.25) is 0 Å². The van der Waals surface area contributed by atoms with Crippen molar-refractivity contribution in [2.45, 2.75) is 25.9 Å². The second-order valence-corrected chi connectivity index (χ2v) is 6.54. The number of fused-ring (bicyclic) bond motifs is 1. The van der Waals surface area contributed by atoms with Crippen molar-refractivity contribution in [3.05, 3.63) is 65.9 Å². The Morgan fingerprint density at radius 1 is 1.27 bits per heavy atom. The molecule has 0 saturated carbocycles. The van der Waals surface area contributed by atoms with Crippen molar-refractivity contribution in [1.82, 2.24) is 15.2 Å². The third kappa shape index (κ3) is 3.06. The fraction of sp³-hybridized carbons (Fsp3) is 0.250. The normalized spacial score (nSPS) is 17.0. The Balaban J connectivity index is 1.46. The van der Waals surface area contributed by atoms with Crippen molar-refractivity contribution in [2.24, 2.45) is 0 Å². The van der Waals surface area contributed by atoms with Crippen LogP contribution in [0.5, 0.6) is 0 Å². The molecule has 6 nitrogen and oxygen atoms in total. The molecule has 26 heavy (non-hydrogen) atoms. The third-order valence-electron chi connectivity index (χ3n) is 4.75. The Labute approximate surface area is 150 Å². The van der Waals surface area contributed by atoms with Gasteiger partial charge in [0.2, 0.25) is 5.91 Å². The van der Waals surface area contributed by atoms with Gasteiger partial charge in [-0.1, -0.05) is 42.5 Å². The maximum Gasteiger partial charge on any atom is 0.273 e. The lowest BCUT2D eigenvalue weighted by molar-refractivity contribution is -0.128. The highest BCUT2D eigenvalue weighted by molar-refractivity contribution is 5.94. The topological polar surface area (TPSA) is 75.4 Å². The summed E-state index contributed by atoms with van der Waals surface area (Å²) in [5.41, 5.74) is 1.38. The van der Waals surface area contributed by atoms with Gasteiger partial charge in [0.1, 0.15) is 5.76 Å². The highest BCUT2D eigenvalue weighted by atomic mass is 16.3. The van der Waals surface area contributed by atoms with Gasteiger partial charge in [0.25, 0.3) is 5.91 Å². The highest BCUT2D eigenvalue weighted by Gasteiger charge is 2.31. The van der Waals surface area contributed by atoms with E-state index in [9.17, 15) is 9.59 Å². The largest absolute Gasteiger partial charge is 0.448 e. The van der Waals surface area contributed by atoms with Crippen LogP contribution in [0, 0.1) is 6.92 Å². The van der Waals surface area contributed by atoms with E-state index < -0.39 is 0 Å². The van der Waals surface area contributed by atoms with Crippen LogP contribution < -0.4 is 5.32 Å². The summed E-state index contributed by atoms with van der Waals surface area (Å²) in [6.07, 6.45) is 1.55. The lowest BCUT2D eigenvalue weighted by Crippen LogP contribution is -2.37. The van der Waals surface area contributed by atoms with Crippen LogP contribution >= 0.6 is 0 Å². The molecule has 1 aromatic heterocycles. The Hall–Kier alpha value is -3.15. The molecule has 1 unspecified atom stereocenters. The van der Waals surface area contributed by atoms with Crippen LogP contribution in [0.15, 0.2) is 53.3 Å². The van der Waals surface area contributed by atoms with Gasteiger partial charge in [-0.15, -0.1) is 0 Å². The van der Waals surface area contributed by atoms with E-state index in [1.807, 2.05) is 24.3 Å². The third-order valence-corrected chi connectivity index (χ3v) is 4.75. The number of nitrogens with one attached hydrogen (secondary N) is 1. The average molecular weight is 349 g/mol. The molecule has 3 aromatic rings. The molecule has 1 aliphatic rings. The molecule has 1 atom stereocenters. The van der Waals surface area contributed by atoms with E-state index in [4.69, 9.17) is 4.42 Å². The molecule has 2 heterocycles. The summed E-state index contributed by atoms with van der Waals surface area (Å²) in [6.45, 7) is 2.72. The number of oxazole rings is 1. The van der Waals surface area contributed by atoms with E-state index in [-0.39, 0.29) is 23.6 Å². The number of rotatable bonds is 4.